The van der Waals surface area contributed by atoms with E-state index in [4.69, 9.17) is 4.74 Å². The molecule has 17 heavy (non-hydrogen) atoms. The molecule has 1 unspecified atom stereocenters. The van der Waals surface area contributed by atoms with Crippen LogP contribution in [0.4, 0.5) is 0 Å². The van der Waals surface area contributed by atoms with Crippen LogP contribution in [0.5, 0.6) is 5.88 Å². The molecule has 1 aliphatic rings. The van der Waals surface area contributed by atoms with Gasteiger partial charge in [-0.25, -0.2) is 0 Å². The largest absolute Gasteiger partial charge is 0.493 e. The Morgan fingerprint density at radius 3 is 2.82 bits per heavy atom. The summed E-state index contributed by atoms with van der Waals surface area (Å²) in [6, 6.07) is 0. The minimum Gasteiger partial charge on any atom is -0.493 e. The van der Waals surface area contributed by atoms with Crippen molar-refractivity contribution >= 4 is 0 Å². The number of aromatic hydroxyl groups is 1. The molecule has 1 aromatic heterocycles. The summed E-state index contributed by atoms with van der Waals surface area (Å²) in [5, 5.41) is 9.80. The molecule has 94 valence electrons. The van der Waals surface area contributed by atoms with Crippen LogP contribution in [-0.2, 0) is 4.74 Å². The highest BCUT2D eigenvalue weighted by Crippen LogP contribution is 2.25. The summed E-state index contributed by atoms with van der Waals surface area (Å²) in [5.74, 6) is 0.437. The Hall–Kier alpha value is -1.36. The van der Waals surface area contributed by atoms with Gasteiger partial charge in [0.15, 0.2) is 0 Å². The standard InChI is InChI=1S/C12H18N2O3/c1-7(2)9-11(15)13-10(14-12(9)16)8-4-3-5-17-6-8/h7-8H,3-6H2,1-2H3,(H2,13,14,15,16). The molecular weight excluding hydrogens is 220 g/mol. The summed E-state index contributed by atoms with van der Waals surface area (Å²) >= 11 is 0. The molecule has 2 N–H and O–H groups in total. The number of aromatic amines is 1. The first-order chi connectivity index (χ1) is 8.09. The van der Waals surface area contributed by atoms with Crippen LogP contribution in [0.15, 0.2) is 4.79 Å². The van der Waals surface area contributed by atoms with Crippen LogP contribution in [0, 0.1) is 0 Å². The van der Waals surface area contributed by atoms with Gasteiger partial charge in [0.05, 0.1) is 12.2 Å². The molecular formula is C12H18N2O3. The van der Waals surface area contributed by atoms with E-state index in [0.717, 1.165) is 19.4 Å². The van der Waals surface area contributed by atoms with E-state index in [1.807, 2.05) is 13.8 Å². The van der Waals surface area contributed by atoms with Gasteiger partial charge >= 0.3 is 0 Å². The highest BCUT2D eigenvalue weighted by molar-refractivity contribution is 5.26. The number of rotatable bonds is 2. The van der Waals surface area contributed by atoms with Gasteiger partial charge in [0, 0.05) is 12.5 Å². The van der Waals surface area contributed by atoms with Gasteiger partial charge in [0.25, 0.3) is 5.56 Å². The highest BCUT2D eigenvalue weighted by Gasteiger charge is 2.21. The Balaban J connectivity index is 2.34. The number of nitrogens with zero attached hydrogens (tertiary/aromatic N) is 1. The van der Waals surface area contributed by atoms with Crippen molar-refractivity contribution in [1.82, 2.24) is 9.97 Å². The van der Waals surface area contributed by atoms with E-state index >= 15 is 0 Å². The quantitative estimate of drug-likeness (QED) is 0.818. The van der Waals surface area contributed by atoms with E-state index in [9.17, 15) is 9.90 Å². The van der Waals surface area contributed by atoms with Crippen LogP contribution in [-0.4, -0.2) is 28.3 Å². The van der Waals surface area contributed by atoms with E-state index in [0.29, 0.717) is 18.0 Å². The lowest BCUT2D eigenvalue weighted by molar-refractivity contribution is 0.0777. The summed E-state index contributed by atoms with van der Waals surface area (Å²) in [4.78, 5) is 18.7. The van der Waals surface area contributed by atoms with Crippen molar-refractivity contribution in [2.75, 3.05) is 13.2 Å². The molecule has 0 spiro atoms. The van der Waals surface area contributed by atoms with Crippen LogP contribution in [0.25, 0.3) is 0 Å². The van der Waals surface area contributed by atoms with E-state index in [1.165, 1.54) is 0 Å². The van der Waals surface area contributed by atoms with Crippen molar-refractivity contribution < 1.29 is 9.84 Å². The van der Waals surface area contributed by atoms with Crippen molar-refractivity contribution in [3.8, 4) is 5.88 Å². The number of nitrogens with one attached hydrogen (secondary N) is 1. The van der Waals surface area contributed by atoms with Gasteiger partial charge < -0.3 is 14.8 Å². The van der Waals surface area contributed by atoms with Gasteiger partial charge in [-0.15, -0.1) is 0 Å². The van der Waals surface area contributed by atoms with Crippen molar-refractivity contribution in [3.05, 3.63) is 21.7 Å². The zero-order chi connectivity index (χ0) is 12.4. The van der Waals surface area contributed by atoms with Crippen molar-refractivity contribution in [3.63, 3.8) is 0 Å². The second kappa shape index (κ2) is 4.87. The second-order valence-corrected chi connectivity index (χ2v) is 4.76. The van der Waals surface area contributed by atoms with Crippen molar-refractivity contribution in [2.24, 2.45) is 0 Å². The van der Waals surface area contributed by atoms with E-state index < -0.39 is 0 Å². The predicted octanol–water partition coefficient (Wildman–Crippen LogP) is 1.49. The first-order valence-electron chi connectivity index (χ1n) is 6.00. The van der Waals surface area contributed by atoms with Gasteiger partial charge in [-0.3, -0.25) is 4.79 Å². The Bertz CT molecular complexity index is 448. The van der Waals surface area contributed by atoms with E-state index in [-0.39, 0.29) is 23.3 Å². The molecule has 5 heteroatoms. The molecule has 1 atom stereocenters. The minimum absolute atomic E-state index is 0.0390. The van der Waals surface area contributed by atoms with Crippen molar-refractivity contribution in [1.29, 1.82) is 0 Å². The molecule has 0 amide bonds. The fraction of sp³-hybridized carbons (Fsp3) is 0.667. The molecule has 0 aromatic carbocycles. The highest BCUT2D eigenvalue weighted by atomic mass is 16.5. The molecule has 2 rings (SSSR count). The van der Waals surface area contributed by atoms with Gasteiger partial charge in [-0.05, 0) is 18.8 Å². The maximum atomic E-state index is 11.8. The molecule has 0 aliphatic carbocycles. The summed E-state index contributed by atoms with van der Waals surface area (Å²) in [5.41, 5.74) is 0.110. The Kier molecular flexibility index (Phi) is 3.47. The SMILES string of the molecule is CC(C)c1c(O)nc(C2CCCOC2)[nH]c1=O. The maximum Gasteiger partial charge on any atom is 0.258 e. The zero-order valence-corrected chi connectivity index (χ0v) is 10.2. The number of hydrogen-bond acceptors (Lipinski definition) is 4. The summed E-state index contributed by atoms with van der Waals surface area (Å²) in [6.07, 6.45) is 1.89. The lowest BCUT2D eigenvalue weighted by atomic mass is 10.0. The molecule has 2 heterocycles. The van der Waals surface area contributed by atoms with Gasteiger partial charge in [-0.2, -0.15) is 4.98 Å². The van der Waals surface area contributed by atoms with E-state index in [1.54, 1.807) is 0 Å². The van der Waals surface area contributed by atoms with Crippen LogP contribution < -0.4 is 5.56 Å². The van der Waals surface area contributed by atoms with Gasteiger partial charge in [-0.1, -0.05) is 13.8 Å². The fourth-order valence-electron chi connectivity index (χ4n) is 2.16. The average molecular weight is 238 g/mol. The molecule has 0 bridgehead atoms. The summed E-state index contributed by atoms with van der Waals surface area (Å²) < 4.78 is 5.35. The summed E-state index contributed by atoms with van der Waals surface area (Å²) in [6.45, 7) is 5.03. The lowest BCUT2D eigenvalue weighted by Gasteiger charge is -2.21. The molecule has 1 fully saturated rings. The normalized spacial score (nSPS) is 20.8. The zero-order valence-electron chi connectivity index (χ0n) is 10.2. The Labute approximate surface area is 99.9 Å². The van der Waals surface area contributed by atoms with E-state index in [2.05, 4.69) is 9.97 Å². The minimum atomic E-state index is -0.243. The third-order valence-electron chi connectivity index (χ3n) is 3.08. The Morgan fingerprint density at radius 1 is 1.53 bits per heavy atom. The van der Waals surface area contributed by atoms with Crippen LogP contribution in [0.1, 0.15) is 49.9 Å². The van der Waals surface area contributed by atoms with Crippen LogP contribution >= 0.6 is 0 Å². The Morgan fingerprint density at radius 2 is 2.29 bits per heavy atom. The topological polar surface area (TPSA) is 75.2 Å². The van der Waals surface area contributed by atoms with Gasteiger partial charge in [0.1, 0.15) is 5.82 Å². The lowest BCUT2D eigenvalue weighted by Crippen LogP contribution is -2.23. The van der Waals surface area contributed by atoms with Gasteiger partial charge in [0.2, 0.25) is 5.88 Å². The average Bonchev–Trinajstić information content (AvgIpc) is 2.28. The number of ether oxygens (including phenoxy) is 1. The number of H-pyrrole nitrogens is 1. The monoisotopic (exact) mass is 238 g/mol. The smallest absolute Gasteiger partial charge is 0.258 e. The molecule has 1 aromatic rings. The first kappa shape index (κ1) is 12.1. The molecule has 5 nitrogen and oxygen atoms in total. The van der Waals surface area contributed by atoms with Crippen molar-refractivity contribution in [2.45, 2.75) is 38.5 Å². The second-order valence-electron chi connectivity index (χ2n) is 4.76. The number of aromatic nitrogens is 2. The van der Waals surface area contributed by atoms with Crippen LogP contribution in [0.3, 0.4) is 0 Å². The summed E-state index contributed by atoms with van der Waals surface area (Å²) in [7, 11) is 0. The first-order valence-corrected chi connectivity index (χ1v) is 6.00. The fourth-order valence-corrected chi connectivity index (χ4v) is 2.16. The third kappa shape index (κ3) is 2.49. The molecule has 1 aliphatic heterocycles. The maximum absolute atomic E-state index is 11.8. The number of hydrogen-bond donors (Lipinski definition) is 2. The van der Waals surface area contributed by atoms with Crippen LogP contribution in [0.2, 0.25) is 0 Å². The predicted molar refractivity (Wildman–Crippen MR) is 63.4 cm³/mol. The molecule has 0 radical (unpaired) electrons. The molecule has 1 saturated heterocycles. The third-order valence-corrected chi connectivity index (χ3v) is 3.08. The molecule has 0 saturated carbocycles.